The number of hydrogen-bond acceptors (Lipinski definition) is 3. The third-order valence-electron chi connectivity index (χ3n) is 5.90. The standard InChI is InChI=1S/C30H34Cl2N2O2S/c1-21(2)19-33-30(36)28(18-23-7-5-4-6-8-23)34(20-24-11-14-26(31)27(32)17-24)29(35)15-16-37-25-12-9-22(3)10-13-25/h4-14,17,21,28H,15-16,18-20H2,1-3H3,(H,33,36)/t28-/m0/s1. The molecule has 0 aliphatic heterocycles. The molecule has 0 bridgehead atoms. The largest absolute Gasteiger partial charge is 0.354 e. The van der Waals surface area contributed by atoms with Crippen molar-refractivity contribution in [2.45, 2.75) is 51.1 Å². The molecule has 2 amide bonds. The molecule has 3 aromatic carbocycles. The van der Waals surface area contributed by atoms with Crippen molar-refractivity contribution in [3.05, 3.63) is 99.5 Å². The minimum Gasteiger partial charge on any atom is -0.354 e. The second-order valence-electron chi connectivity index (χ2n) is 9.53. The number of benzene rings is 3. The Kier molecular flexibility index (Phi) is 11.4. The van der Waals surface area contributed by atoms with E-state index < -0.39 is 6.04 Å². The second kappa shape index (κ2) is 14.5. The highest BCUT2D eigenvalue weighted by atomic mass is 35.5. The van der Waals surface area contributed by atoms with Crippen LogP contribution in [0.5, 0.6) is 0 Å². The van der Waals surface area contributed by atoms with Gasteiger partial charge in [-0.25, -0.2) is 0 Å². The Morgan fingerprint density at radius 2 is 1.62 bits per heavy atom. The molecule has 0 aromatic heterocycles. The Hall–Kier alpha value is -2.47. The predicted molar refractivity (Wildman–Crippen MR) is 155 cm³/mol. The van der Waals surface area contributed by atoms with Gasteiger partial charge in [0.15, 0.2) is 0 Å². The van der Waals surface area contributed by atoms with Gasteiger partial charge in [0.25, 0.3) is 0 Å². The number of aryl methyl sites for hydroxylation is 1. The molecule has 0 fully saturated rings. The number of carbonyl (C=O) groups is 2. The lowest BCUT2D eigenvalue weighted by atomic mass is 10.0. The van der Waals surface area contributed by atoms with E-state index in [4.69, 9.17) is 23.2 Å². The zero-order valence-corrected chi connectivity index (χ0v) is 23.9. The number of amides is 2. The number of halogens is 2. The van der Waals surface area contributed by atoms with Crippen molar-refractivity contribution in [2.24, 2.45) is 5.92 Å². The molecule has 0 saturated heterocycles. The smallest absolute Gasteiger partial charge is 0.243 e. The minimum atomic E-state index is -0.660. The number of nitrogens with one attached hydrogen (secondary N) is 1. The van der Waals surface area contributed by atoms with Gasteiger partial charge in [-0.1, -0.05) is 91.1 Å². The third kappa shape index (κ3) is 9.41. The number of hydrogen-bond donors (Lipinski definition) is 1. The minimum absolute atomic E-state index is 0.0775. The van der Waals surface area contributed by atoms with Crippen LogP contribution in [0.3, 0.4) is 0 Å². The summed E-state index contributed by atoms with van der Waals surface area (Å²) in [5, 5.41) is 3.92. The molecule has 0 aliphatic carbocycles. The molecule has 4 nitrogen and oxygen atoms in total. The molecule has 3 aromatic rings. The molecule has 0 unspecified atom stereocenters. The van der Waals surface area contributed by atoms with E-state index in [1.54, 1.807) is 28.8 Å². The zero-order valence-electron chi connectivity index (χ0n) is 21.5. The summed E-state index contributed by atoms with van der Waals surface area (Å²) in [5.74, 6) is 0.681. The number of rotatable bonds is 12. The molecule has 0 radical (unpaired) electrons. The van der Waals surface area contributed by atoms with Crippen LogP contribution in [0.2, 0.25) is 10.0 Å². The molecule has 196 valence electrons. The summed E-state index contributed by atoms with van der Waals surface area (Å²) >= 11 is 14.0. The van der Waals surface area contributed by atoms with Gasteiger partial charge in [0.2, 0.25) is 11.8 Å². The van der Waals surface area contributed by atoms with Crippen LogP contribution in [-0.4, -0.2) is 35.1 Å². The van der Waals surface area contributed by atoms with Crippen molar-refractivity contribution in [3.8, 4) is 0 Å². The van der Waals surface area contributed by atoms with Crippen molar-refractivity contribution in [1.82, 2.24) is 10.2 Å². The van der Waals surface area contributed by atoms with Crippen LogP contribution in [-0.2, 0) is 22.6 Å². The van der Waals surface area contributed by atoms with E-state index in [0.29, 0.717) is 41.1 Å². The van der Waals surface area contributed by atoms with E-state index in [0.717, 1.165) is 16.0 Å². The molecular weight excluding hydrogens is 523 g/mol. The van der Waals surface area contributed by atoms with Crippen LogP contribution < -0.4 is 5.32 Å². The number of carbonyl (C=O) groups excluding carboxylic acids is 2. The maximum absolute atomic E-state index is 13.7. The molecule has 0 aliphatic rings. The van der Waals surface area contributed by atoms with E-state index in [1.165, 1.54) is 5.56 Å². The zero-order chi connectivity index (χ0) is 26.8. The van der Waals surface area contributed by atoms with Crippen molar-refractivity contribution in [2.75, 3.05) is 12.3 Å². The van der Waals surface area contributed by atoms with Gasteiger partial charge in [0, 0.05) is 36.6 Å². The summed E-state index contributed by atoms with van der Waals surface area (Å²) in [5.41, 5.74) is 3.02. The highest BCUT2D eigenvalue weighted by molar-refractivity contribution is 7.99. The SMILES string of the molecule is Cc1ccc(SCCC(=O)N(Cc2ccc(Cl)c(Cl)c2)[C@@H](Cc2ccccc2)C(=O)NCC(C)C)cc1. The van der Waals surface area contributed by atoms with Gasteiger partial charge in [0.1, 0.15) is 6.04 Å². The van der Waals surface area contributed by atoms with Crippen LogP contribution >= 0.6 is 35.0 Å². The monoisotopic (exact) mass is 556 g/mol. The van der Waals surface area contributed by atoms with Crippen LogP contribution in [0, 0.1) is 12.8 Å². The van der Waals surface area contributed by atoms with Gasteiger partial charge in [-0.3, -0.25) is 9.59 Å². The van der Waals surface area contributed by atoms with Gasteiger partial charge < -0.3 is 10.2 Å². The molecule has 0 spiro atoms. The average Bonchev–Trinajstić information content (AvgIpc) is 2.88. The van der Waals surface area contributed by atoms with E-state index >= 15 is 0 Å². The van der Waals surface area contributed by atoms with E-state index in [2.05, 4.69) is 36.5 Å². The van der Waals surface area contributed by atoms with E-state index in [9.17, 15) is 9.59 Å². The molecule has 0 heterocycles. The molecule has 7 heteroatoms. The van der Waals surface area contributed by atoms with Crippen LogP contribution in [0.25, 0.3) is 0 Å². The van der Waals surface area contributed by atoms with Gasteiger partial charge in [-0.15, -0.1) is 11.8 Å². The fourth-order valence-electron chi connectivity index (χ4n) is 3.85. The van der Waals surface area contributed by atoms with Crippen molar-refractivity contribution < 1.29 is 9.59 Å². The first-order chi connectivity index (χ1) is 17.7. The van der Waals surface area contributed by atoms with Crippen molar-refractivity contribution >= 4 is 46.8 Å². The Morgan fingerprint density at radius 1 is 0.919 bits per heavy atom. The molecule has 37 heavy (non-hydrogen) atoms. The molecule has 1 atom stereocenters. The first-order valence-corrected chi connectivity index (χ1v) is 14.2. The lowest BCUT2D eigenvalue weighted by molar-refractivity contribution is -0.141. The van der Waals surface area contributed by atoms with E-state index in [-0.39, 0.29) is 18.4 Å². The molecule has 3 rings (SSSR count). The summed E-state index contributed by atoms with van der Waals surface area (Å²) in [7, 11) is 0. The van der Waals surface area contributed by atoms with Crippen LogP contribution in [0.1, 0.15) is 37.0 Å². The fraction of sp³-hybridized carbons (Fsp3) is 0.333. The Morgan fingerprint density at radius 3 is 2.27 bits per heavy atom. The summed E-state index contributed by atoms with van der Waals surface area (Å²) in [4.78, 5) is 30.0. The highest BCUT2D eigenvalue weighted by Crippen LogP contribution is 2.25. The maximum atomic E-state index is 13.7. The van der Waals surface area contributed by atoms with Crippen molar-refractivity contribution in [3.63, 3.8) is 0 Å². The Balaban J connectivity index is 1.86. The Bertz CT molecular complexity index is 1170. The van der Waals surface area contributed by atoms with Crippen LogP contribution in [0.15, 0.2) is 77.7 Å². The van der Waals surface area contributed by atoms with Gasteiger partial charge >= 0.3 is 0 Å². The second-order valence-corrected chi connectivity index (χ2v) is 11.5. The van der Waals surface area contributed by atoms with Gasteiger partial charge in [0.05, 0.1) is 10.0 Å². The first-order valence-electron chi connectivity index (χ1n) is 12.5. The lowest BCUT2D eigenvalue weighted by Gasteiger charge is -2.32. The normalized spacial score (nSPS) is 11.8. The number of nitrogens with zero attached hydrogens (tertiary/aromatic N) is 1. The van der Waals surface area contributed by atoms with E-state index in [1.807, 2.05) is 50.2 Å². The fourth-order valence-corrected chi connectivity index (χ4v) is 5.01. The number of thioether (sulfide) groups is 1. The topological polar surface area (TPSA) is 49.4 Å². The third-order valence-corrected chi connectivity index (χ3v) is 7.65. The summed E-state index contributed by atoms with van der Waals surface area (Å²) in [6.07, 6.45) is 0.728. The van der Waals surface area contributed by atoms with Gasteiger partial charge in [-0.2, -0.15) is 0 Å². The molecule has 1 N–H and O–H groups in total. The molecular formula is C30H34Cl2N2O2S. The average molecular weight is 558 g/mol. The summed E-state index contributed by atoms with van der Waals surface area (Å²) < 4.78 is 0. The van der Waals surface area contributed by atoms with Gasteiger partial charge in [-0.05, 0) is 48.2 Å². The summed E-state index contributed by atoms with van der Waals surface area (Å²) in [6.45, 7) is 6.95. The lowest BCUT2D eigenvalue weighted by Crippen LogP contribution is -2.51. The maximum Gasteiger partial charge on any atom is 0.243 e. The first kappa shape index (κ1) is 29.1. The predicted octanol–water partition coefficient (Wildman–Crippen LogP) is 7.20. The highest BCUT2D eigenvalue weighted by Gasteiger charge is 2.30. The van der Waals surface area contributed by atoms with Crippen LogP contribution in [0.4, 0.5) is 0 Å². The van der Waals surface area contributed by atoms with Crippen molar-refractivity contribution in [1.29, 1.82) is 0 Å². The summed E-state index contributed by atoms with van der Waals surface area (Å²) in [6, 6.07) is 22.7. The molecule has 0 saturated carbocycles. The Labute approximate surface area is 234 Å². The quantitative estimate of drug-likeness (QED) is 0.240.